The molecule has 0 bridgehead atoms. The number of hydrogen-bond acceptors (Lipinski definition) is 4. The molecule has 3 rings (SSSR count). The van der Waals surface area contributed by atoms with Gasteiger partial charge in [0.15, 0.2) is 0 Å². The van der Waals surface area contributed by atoms with E-state index in [0.29, 0.717) is 11.4 Å². The lowest BCUT2D eigenvalue weighted by Crippen LogP contribution is -2.29. The van der Waals surface area contributed by atoms with Gasteiger partial charge in [0.1, 0.15) is 16.1 Å². The van der Waals surface area contributed by atoms with Gasteiger partial charge in [-0.15, -0.1) is 0 Å². The molecule has 1 aliphatic heterocycles. The molecule has 0 unspecified atom stereocenters. The maximum absolute atomic E-state index is 12.2. The van der Waals surface area contributed by atoms with Crippen LogP contribution < -0.4 is 10.2 Å². The molecule has 23 heavy (non-hydrogen) atoms. The Morgan fingerprint density at radius 3 is 2.39 bits per heavy atom. The van der Waals surface area contributed by atoms with Crippen molar-refractivity contribution < 1.29 is 4.79 Å². The Labute approximate surface area is 144 Å². The molecule has 0 atom stereocenters. The minimum Gasteiger partial charge on any atom is -0.370 e. The number of pyridine rings is 2. The van der Waals surface area contributed by atoms with Crippen LogP contribution in [0.15, 0.2) is 30.5 Å². The summed E-state index contributed by atoms with van der Waals surface area (Å²) in [5.41, 5.74) is 1.43. The van der Waals surface area contributed by atoms with E-state index in [2.05, 4.69) is 20.2 Å². The van der Waals surface area contributed by atoms with E-state index in [1.54, 1.807) is 12.3 Å². The van der Waals surface area contributed by atoms with Crippen LogP contribution in [0.4, 0.5) is 11.5 Å². The summed E-state index contributed by atoms with van der Waals surface area (Å²) in [5, 5.41) is 3.08. The number of aromatic nitrogens is 2. The number of carbonyl (C=O) groups excluding carboxylic acids is 1. The summed E-state index contributed by atoms with van der Waals surface area (Å²) >= 11 is 11.6. The third-order valence-electron chi connectivity index (χ3n) is 3.74. The number of piperidine rings is 1. The summed E-state index contributed by atoms with van der Waals surface area (Å²) in [6.45, 7) is 2.11. The molecule has 120 valence electrons. The van der Waals surface area contributed by atoms with E-state index in [4.69, 9.17) is 23.2 Å². The number of halogens is 2. The fourth-order valence-corrected chi connectivity index (χ4v) is 3.04. The predicted molar refractivity (Wildman–Crippen MR) is 92.5 cm³/mol. The smallest absolute Gasteiger partial charge is 0.257 e. The fraction of sp³-hybridized carbons (Fsp3) is 0.312. The maximum atomic E-state index is 12.2. The average molecular weight is 351 g/mol. The third kappa shape index (κ3) is 4.12. The highest BCUT2D eigenvalue weighted by molar-refractivity contribution is 6.33. The standard InChI is InChI=1S/C16H16Cl2N4O/c17-13-8-11(9-14(18)20-13)16(23)21-15-5-4-12(10-19-15)22-6-2-1-3-7-22/h4-5,8-10H,1-3,6-7H2,(H,19,21,23). The van der Waals surface area contributed by atoms with E-state index >= 15 is 0 Å². The van der Waals surface area contributed by atoms with Crippen LogP contribution >= 0.6 is 23.2 Å². The SMILES string of the molecule is O=C(Nc1ccc(N2CCCCC2)cn1)c1cc(Cl)nc(Cl)c1. The van der Waals surface area contributed by atoms with Gasteiger partial charge in [0.25, 0.3) is 5.91 Å². The van der Waals surface area contributed by atoms with E-state index in [9.17, 15) is 4.79 Å². The summed E-state index contributed by atoms with van der Waals surface area (Å²) in [7, 11) is 0. The van der Waals surface area contributed by atoms with Crippen molar-refractivity contribution in [3.05, 3.63) is 46.3 Å². The second kappa shape index (κ2) is 7.15. The van der Waals surface area contributed by atoms with Gasteiger partial charge < -0.3 is 10.2 Å². The molecular formula is C16H16Cl2N4O. The van der Waals surface area contributed by atoms with Crippen molar-refractivity contribution in [2.75, 3.05) is 23.3 Å². The number of nitrogens with one attached hydrogen (secondary N) is 1. The van der Waals surface area contributed by atoms with E-state index < -0.39 is 0 Å². The second-order valence-corrected chi connectivity index (χ2v) is 6.18. The van der Waals surface area contributed by atoms with Crippen molar-refractivity contribution in [2.24, 2.45) is 0 Å². The van der Waals surface area contributed by atoms with Gasteiger partial charge in [0.05, 0.1) is 11.9 Å². The lowest BCUT2D eigenvalue weighted by atomic mass is 10.1. The third-order valence-corrected chi connectivity index (χ3v) is 4.12. The minimum atomic E-state index is -0.325. The first-order chi connectivity index (χ1) is 11.1. The van der Waals surface area contributed by atoms with Crippen molar-refractivity contribution in [2.45, 2.75) is 19.3 Å². The molecule has 1 aliphatic rings. The van der Waals surface area contributed by atoms with Crippen LogP contribution in [-0.4, -0.2) is 29.0 Å². The van der Waals surface area contributed by atoms with Gasteiger partial charge >= 0.3 is 0 Å². The molecule has 2 aromatic rings. The van der Waals surface area contributed by atoms with Crippen LogP contribution in [0.5, 0.6) is 0 Å². The van der Waals surface area contributed by atoms with Gasteiger partial charge in [-0.3, -0.25) is 4.79 Å². The molecule has 2 aromatic heterocycles. The molecular weight excluding hydrogens is 335 g/mol. The molecule has 7 heteroatoms. The Bertz CT molecular complexity index is 679. The average Bonchev–Trinajstić information content (AvgIpc) is 2.55. The van der Waals surface area contributed by atoms with E-state index in [1.807, 2.05) is 6.07 Å². The van der Waals surface area contributed by atoms with Gasteiger partial charge in [-0.05, 0) is 43.5 Å². The number of nitrogens with zero attached hydrogens (tertiary/aromatic N) is 3. The molecule has 0 radical (unpaired) electrons. The van der Waals surface area contributed by atoms with Crippen molar-refractivity contribution in [1.29, 1.82) is 0 Å². The fourth-order valence-electron chi connectivity index (χ4n) is 2.58. The van der Waals surface area contributed by atoms with Crippen LogP contribution in [0.3, 0.4) is 0 Å². The number of carbonyl (C=O) groups is 1. The first-order valence-corrected chi connectivity index (χ1v) is 8.23. The summed E-state index contributed by atoms with van der Waals surface area (Å²) in [6.07, 6.45) is 5.49. The van der Waals surface area contributed by atoms with Crippen molar-refractivity contribution in [3.63, 3.8) is 0 Å². The van der Waals surface area contributed by atoms with Gasteiger partial charge in [-0.1, -0.05) is 23.2 Å². The minimum absolute atomic E-state index is 0.177. The Morgan fingerprint density at radius 1 is 1.09 bits per heavy atom. The molecule has 0 aromatic carbocycles. The first kappa shape index (κ1) is 16.0. The zero-order chi connectivity index (χ0) is 16.2. The highest BCUT2D eigenvalue weighted by Gasteiger charge is 2.13. The van der Waals surface area contributed by atoms with Gasteiger partial charge in [0, 0.05) is 18.7 Å². The Hall–Kier alpha value is -1.85. The normalized spacial score (nSPS) is 14.6. The maximum Gasteiger partial charge on any atom is 0.257 e. The van der Waals surface area contributed by atoms with Crippen molar-refractivity contribution >= 4 is 40.6 Å². The summed E-state index contributed by atoms with van der Waals surface area (Å²) < 4.78 is 0. The quantitative estimate of drug-likeness (QED) is 0.849. The molecule has 1 fully saturated rings. The van der Waals surface area contributed by atoms with Crippen LogP contribution in [0, 0.1) is 0 Å². The highest BCUT2D eigenvalue weighted by atomic mass is 35.5. The number of hydrogen-bond donors (Lipinski definition) is 1. The summed E-state index contributed by atoms with van der Waals surface area (Å²) in [6, 6.07) is 6.70. The van der Waals surface area contributed by atoms with E-state index in [1.165, 1.54) is 31.4 Å². The number of rotatable bonds is 3. The number of anilines is 2. The molecule has 1 amide bonds. The lowest BCUT2D eigenvalue weighted by Gasteiger charge is -2.28. The van der Waals surface area contributed by atoms with Crippen LogP contribution in [0.25, 0.3) is 0 Å². The Kier molecular flexibility index (Phi) is 4.98. The largest absolute Gasteiger partial charge is 0.370 e. The van der Waals surface area contributed by atoms with Crippen LogP contribution in [0.1, 0.15) is 29.6 Å². The highest BCUT2D eigenvalue weighted by Crippen LogP contribution is 2.21. The molecule has 0 spiro atoms. The predicted octanol–water partition coefficient (Wildman–Crippen LogP) is 4.03. The van der Waals surface area contributed by atoms with Crippen LogP contribution in [-0.2, 0) is 0 Å². The first-order valence-electron chi connectivity index (χ1n) is 7.47. The van der Waals surface area contributed by atoms with Crippen LogP contribution in [0.2, 0.25) is 10.3 Å². The topological polar surface area (TPSA) is 58.1 Å². The van der Waals surface area contributed by atoms with E-state index in [-0.39, 0.29) is 16.2 Å². The molecule has 1 N–H and O–H groups in total. The van der Waals surface area contributed by atoms with Crippen molar-refractivity contribution in [1.82, 2.24) is 9.97 Å². The van der Waals surface area contributed by atoms with E-state index in [0.717, 1.165) is 18.8 Å². The molecule has 0 aliphatic carbocycles. The zero-order valence-corrected chi connectivity index (χ0v) is 13.9. The second-order valence-electron chi connectivity index (χ2n) is 5.40. The lowest BCUT2D eigenvalue weighted by molar-refractivity contribution is 0.102. The van der Waals surface area contributed by atoms with Gasteiger partial charge in [-0.25, -0.2) is 9.97 Å². The molecule has 5 nitrogen and oxygen atoms in total. The van der Waals surface area contributed by atoms with Gasteiger partial charge in [-0.2, -0.15) is 0 Å². The molecule has 3 heterocycles. The van der Waals surface area contributed by atoms with Gasteiger partial charge in [0.2, 0.25) is 0 Å². The summed E-state index contributed by atoms with van der Waals surface area (Å²) in [4.78, 5) is 22.6. The summed E-state index contributed by atoms with van der Waals surface area (Å²) in [5.74, 6) is 0.161. The number of amides is 1. The monoisotopic (exact) mass is 350 g/mol. The Balaban J connectivity index is 1.68. The van der Waals surface area contributed by atoms with Crippen molar-refractivity contribution in [3.8, 4) is 0 Å². The molecule has 1 saturated heterocycles. The zero-order valence-electron chi connectivity index (χ0n) is 12.4. The Morgan fingerprint density at radius 2 is 1.78 bits per heavy atom. The molecule has 0 saturated carbocycles.